The van der Waals surface area contributed by atoms with Gasteiger partial charge in [0.2, 0.25) is 0 Å². The molecule has 0 aromatic carbocycles. The molecular weight excluding hydrogens is 132 g/mol. The predicted molar refractivity (Wildman–Crippen MR) is 33.7 cm³/mol. The van der Waals surface area contributed by atoms with E-state index in [4.69, 9.17) is 9.47 Å². The van der Waals surface area contributed by atoms with Crippen LogP contribution < -0.4 is 0 Å². The van der Waals surface area contributed by atoms with Crippen molar-refractivity contribution in [1.29, 1.82) is 0 Å². The van der Waals surface area contributed by atoms with Crippen molar-refractivity contribution in [2.45, 2.75) is 25.0 Å². The molecule has 2 saturated heterocycles. The second-order valence-electron chi connectivity index (χ2n) is 2.79. The van der Waals surface area contributed by atoms with E-state index >= 15 is 0 Å². The van der Waals surface area contributed by atoms with Crippen LogP contribution in [0.5, 0.6) is 0 Å². The van der Waals surface area contributed by atoms with Crippen molar-refractivity contribution in [1.82, 2.24) is 0 Å². The number of hydrogen-bond donors (Lipinski definition) is 0. The first-order valence-electron chi connectivity index (χ1n) is 3.61. The summed E-state index contributed by atoms with van der Waals surface area (Å²) in [6.07, 6.45) is 1.79. The minimum Gasteiger partial charge on any atom is -0.375 e. The second-order valence-corrected chi connectivity index (χ2v) is 2.79. The summed E-state index contributed by atoms with van der Waals surface area (Å²) in [5.41, 5.74) is 0. The Bertz CT molecular complexity index is 155. The molecule has 0 aromatic rings. The fourth-order valence-electron chi connectivity index (χ4n) is 1.49. The van der Waals surface area contributed by atoms with Crippen molar-refractivity contribution in [2.75, 3.05) is 13.2 Å². The minimum atomic E-state index is 0.0706. The Balaban J connectivity index is 2.03. The van der Waals surface area contributed by atoms with Crippen molar-refractivity contribution in [3.63, 3.8) is 0 Å². The van der Waals surface area contributed by atoms with E-state index < -0.39 is 0 Å². The van der Waals surface area contributed by atoms with Crippen LogP contribution in [0.4, 0.5) is 0 Å². The maximum atomic E-state index is 10.8. The van der Waals surface area contributed by atoms with E-state index in [1.807, 2.05) is 0 Å². The first kappa shape index (κ1) is 6.31. The van der Waals surface area contributed by atoms with E-state index in [-0.39, 0.29) is 18.0 Å². The van der Waals surface area contributed by atoms with Gasteiger partial charge in [-0.3, -0.25) is 4.79 Å². The van der Waals surface area contributed by atoms with Gasteiger partial charge in [-0.15, -0.1) is 0 Å². The molecule has 2 rings (SSSR count). The van der Waals surface area contributed by atoms with Crippen molar-refractivity contribution in [3.05, 3.63) is 0 Å². The van der Waals surface area contributed by atoms with Gasteiger partial charge in [0, 0.05) is 13.0 Å². The molecule has 0 N–H and O–H groups in total. The van der Waals surface area contributed by atoms with E-state index in [2.05, 4.69) is 0 Å². The summed E-state index contributed by atoms with van der Waals surface area (Å²) in [7, 11) is 0. The van der Waals surface area contributed by atoms with E-state index in [1.165, 1.54) is 0 Å². The smallest absolute Gasteiger partial charge is 0.161 e. The Morgan fingerprint density at radius 1 is 1.30 bits per heavy atom. The van der Waals surface area contributed by atoms with Crippen LogP contribution in [0.1, 0.15) is 12.8 Å². The van der Waals surface area contributed by atoms with Gasteiger partial charge in [-0.1, -0.05) is 0 Å². The largest absolute Gasteiger partial charge is 0.375 e. The zero-order valence-electron chi connectivity index (χ0n) is 5.71. The van der Waals surface area contributed by atoms with Gasteiger partial charge in [0.15, 0.2) is 5.78 Å². The van der Waals surface area contributed by atoms with Crippen LogP contribution in [0.2, 0.25) is 0 Å². The summed E-state index contributed by atoms with van der Waals surface area (Å²) < 4.78 is 10.5. The Hall–Kier alpha value is -0.410. The second kappa shape index (κ2) is 2.32. The van der Waals surface area contributed by atoms with Crippen molar-refractivity contribution in [3.8, 4) is 0 Å². The molecule has 10 heavy (non-hydrogen) atoms. The highest BCUT2D eigenvalue weighted by molar-refractivity contribution is 5.80. The maximum absolute atomic E-state index is 10.8. The van der Waals surface area contributed by atoms with Gasteiger partial charge in [0.25, 0.3) is 0 Å². The Labute approximate surface area is 59.3 Å². The molecule has 2 aliphatic rings. The molecular formula is C7H10O3. The quantitative estimate of drug-likeness (QED) is 0.482. The fraction of sp³-hybridized carbons (Fsp3) is 0.857. The number of carbonyl (C=O) groups excluding carboxylic acids is 1. The summed E-state index contributed by atoms with van der Waals surface area (Å²) >= 11 is 0. The monoisotopic (exact) mass is 142 g/mol. The standard InChI is InChI=1S/C7H10O3/c8-5-3-7-6(10-4-5)1-2-9-7/h6-7H,1-4H2. The van der Waals surface area contributed by atoms with Gasteiger partial charge < -0.3 is 9.47 Å². The number of fused-ring (bicyclic) bond motifs is 1. The van der Waals surface area contributed by atoms with Crippen LogP contribution in [0.25, 0.3) is 0 Å². The molecule has 2 unspecified atom stereocenters. The normalized spacial score (nSPS) is 39.8. The van der Waals surface area contributed by atoms with E-state index in [9.17, 15) is 4.79 Å². The van der Waals surface area contributed by atoms with E-state index in [1.54, 1.807) is 0 Å². The molecule has 2 aliphatic heterocycles. The summed E-state index contributed by atoms with van der Waals surface area (Å²) in [4.78, 5) is 10.8. The topological polar surface area (TPSA) is 35.5 Å². The Morgan fingerprint density at radius 2 is 2.20 bits per heavy atom. The van der Waals surface area contributed by atoms with Crippen LogP contribution in [0.3, 0.4) is 0 Å². The number of ether oxygens (including phenoxy) is 2. The van der Waals surface area contributed by atoms with Gasteiger partial charge in [0.1, 0.15) is 6.61 Å². The summed E-state index contributed by atoms with van der Waals surface area (Å²) in [6.45, 7) is 1.05. The molecule has 0 bridgehead atoms. The maximum Gasteiger partial charge on any atom is 0.161 e. The van der Waals surface area contributed by atoms with Gasteiger partial charge in [-0.25, -0.2) is 0 Å². The zero-order chi connectivity index (χ0) is 6.97. The number of hydrogen-bond acceptors (Lipinski definition) is 3. The highest BCUT2D eigenvalue weighted by Gasteiger charge is 2.34. The van der Waals surface area contributed by atoms with Crippen LogP contribution in [-0.4, -0.2) is 31.2 Å². The number of rotatable bonds is 0. The molecule has 2 fully saturated rings. The molecule has 2 atom stereocenters. The van der Waals surface area contributed by atoms with Crippen molar-refractivity contribution >= 4 is 5.78 Å². The average Bonchev–Trinajstić information content (AvgIpc) is 2.33. The molecule has 2 heterocycles. The number of carbonyl (C=O) groups is 1. The number of Topliss-reactive ketones (excluding diaryl/α,β-unsaturated/α-hetero) is 1. The lowest BCUT2D eigenvalue weighted by Gasteiger charge is -2.22. The lowest BCUT2D eigenvalue weighted by atomic mass is 10.1. The molecule has 0 radical (unpaired) electrons. The molecule has 0 saturated carbocycles. The van der Waals surface area contributed by atoms with Crippen LogP contribution in [-0.2, 0) is 14.3 Å². The molecule has 3 heteroatoms. The molecule has 0 aromatic heterocycles. The minimum absolute atomic E-state index is 0.0706. The van der Waals surface area contributed by atoms with Crippen LogP contribution in [0.15, 0.2) is 0 Å². The van der Waals surface area contributed by atoms with Crippen LogP contribution in [0, 0.1) is 0 Å². The zero-order valence-corrected chi connectivity index (χ0v) is 5.71. The first-order chi connectivity index (χ1) is 4.86. The summed E-state index contributed by atoms with van der Waals surface area (Å²) in [5, 5.41) is 0. The highest BCUT2D eigenvalue weighted by Crippen LogP contribution is 2.23. The fourth-order valence-corrected chi connectivity index (χ4v) is 1.49. The third-order valence-corrected chi connectivity index (χ3v) is 2.04. The van der Waals surface area contributed by atoms with Gasteiger partial charge in [-0.05, 0) is 6.42 Å². The van der Waals surface area contributed by atoms with Gasteiger partial charge in [-0.2, -0.15) is 0 Å². The van der Waals surface area contributed by atoms with Crippen molar-refractivity contribution < 1.29 is 14.3 Å². The Kier molecular flexibility index (Phi) is 1.47. The third kappa shape index (κ3) is 0.954. The lowest BCUT2D eigenvalue weighted by Crippen LogP contribution is -2.35. The third-order valence-electron chi connectivity index (χ3n) is 2.04. The van der Waals surface area contributed by atoms with E-state index in [0.717, 1.165) is 13.0 Å². The van der Waals surface area contributed by atoms with Crippen LogP contribution >= 0.6 is 0 Å². The summed E-state index contributed by atoms with van der Waals surface area (Å²) in [6, 6.07) is 0. The highest BCUT2D eigenvalue weighted by atomic mass is 16.6. The van der Waals surface area contributed by atoms with Gasteiger partial charge in [0.05, 0.1) is 12.2 Å². The lowest BCUT2D eigenvalue weighted by molar-refractivity contribution is -0.138. The predicted octanol–water partition coefficient (Wildman–Crippen LogP) is 0.133. The first-order valence-corrected chi connectivity index (χ1v) is 3.61. The molecule has 0 amide bonds. The summed E-state index contributed by atoms with van der Waals surface area (Å²) in [5.74, 6) is 0.170. The molecule has 3 nitrogen and oxygen atoms in total. The molecule has 0 spiro atoms. The van der Waals surface area contributed by atoms with Gasteiger partial charge >= 0.3 is 0 Å². The molecule has 56 valence electrons. The average molecular weight is 142 g/mol. The SMILES string of the molecule is O=C1COC2CCOC2C1. The van der Waals surface area contributed by atoms with E-state index in [0.29, 0.717) is 13.0 Å². The molecule has 0 aliphatic carbocycles. The number of ketones is 1. The Morgan fingerprint density at radius 3 is 3.10 bits per heavy atom. The van der Waals surface area contributed by atoms with Crippen molar-refractivity contribution in [2.24, 2.45) is 0 Å².